The quantitative estimate of drug-likeness (QED) is 0.620. The molecule has 0 saturated heterocycles. The van der Waals surface area contributed by atoms with Gasteiger partial charge in [0.25, 0.3) is 0 Å². The topological polar surface area (TPSA) is 52.1 Å². The van der Waals surface area contributed by atoms with Crippen LogP contribution in [0.2, 0.25) is 0 Å². The van der Waals surface area contributed by atoms with Crippen LogP contribution in [0, 0.1) is 0 Å². The fourth-order valence-corrected chi connectivity index (χ4v) is 2.01. The van der Waals surface area contributed by atoms with Gasteiger partial charge in [-0.15, -0.1) is 0 Å². The van der Waals surface area contributed by atoms with Crippen LogP contribution in [0.5, 0.6) is 0 Å². The van der Waals surface area contributed by atoms with Crippen LogP contribution >= 0.6 is 0 Å². The summed E-state index contributed by atoms with van der Waals surface area (Å²) in [6.45, 7) is -1.80. The van der Waals surface area contributed by atoms with E-state index in [2.05, 4.69) is 14.7 Å². The van der Waals surface area contributed by atoms with Gasteiger partial charge in [0, 0.05) is 12.6 Å². The lowest BCUT2D eigenvalue weighted by molar-refractivity contribution is -0.168. The highest BCUT2D eigenvalue weighted by Gasteiger charge is 2.41. The molecule has 0 radical (unpaired) electrons. The summed E-state index contributed by atoms with van der Waals surface area (Å²) in [6, 6.07) is 0. The van der Waals surface area contributed by atoms with Crippen molar-refractivity contribution in [1.82, 2.24) is 9.97 Å². The minimum atomic E-state index is -4.19. The molecule has 0 spiro atoms. The number of alkyl halides is 4. The third kappa shape index (κ3) is 3.96. The number of fused-ring (bicyclic) bond motifs is 1. The molecule has 2 rings (SSSR count). The fraction of sp³-hybridized carbons (Fsp3) is 0.615. The zero-order valence-electron chi connectivity index (χ0n) is 11.1. The Bertz CT molecular complexity index is 523. The summed E-state index contributed by atoms with van der Waals surface area (Å²) in [5, 5.41) is 0. The molecule has 21 heavy (non-hydrogen) atoms. The summed E-state index contributed by atoms with van der Waals surface area (Å²) in [6.07, 6.45) is 0.181. The maximum Gasteiger partial charge on any atom is 0.330 e. The Balaban J connectivity index is 1.99. The Labute approximate surface area is 118 Å². The van der Waals surface area contributed by atoms with E-state index in [1.165, 1.54) is 6.20 Å². The molecular weight excluding hydrogens is 292 g/mol. The maximum atomic E-state index is 12.7. The normalized spacial score (nSPS) is 16.0. The average molecular weight is 306 g/mol. The molecule has 1 aromatic heterocycles. The van der Waals surface area contributed by atoms with E-state index in [1.54, 1.807) is 0 Å². The Morgan fingerprint density at radius 2 is 2.00 bits per heavy atom. The molecule has 116 valence electrons. The van der Waals surface area contributed by atoms with Gasteiger partial charge in [-0.2, -0.15) is 8.78 Å². The van der Waals surface area contributed by atoms with Gasteiger partial charge >= 0.3 is 12.3 Å². The van der Waals surface area contributed by atoms with Crippen LogP contribution in [0.25, 0.3) is 0 Å². The lowest BCUT2D eigenvalue weighted by Gasteiger charge is -2.15. The second-order valence-electron chi connectivity index (χ2n) is 4.83. The van der Waals surface area contributed by atoms with E-state index in [0.717, 1.165) is 12.8 Å². The third-order valence-corrected chi connectivity index (χ3v) is 3.13. The average Bonchev–Trinajstić information content (AvgIpc) is 2.60. The minimum absolute atomic E-state index is 0.0424. The summed E-state index contributed by atoms with van der Waals surface area (Å²) < 4.78 is 53.8. The number of carbonyl (C=O) groups excluding carboxylic acids is 1. The first kappa shape index (κ1) is 15.8. The van der Waals surface area contributed by atoms with E-state index < -0.39 is 25.6 Å². The van der Waals surface area contributed by atoms with Crippen LogP contribution in [0.1, 0.15) is 41.1 Å². The zero-order valence-corrected chi connectivity index (χ0v) is 11.1. The molecule has 0 amide bonds. The van der Waals surface area contributed by atoms with Crippen molar-refractivity contribution in [3.8, 4) is 0 Å². The number of aromatic nitrogens is 2. The molecule has 1 heterocycles. The first-order chi connectivity index (χ1) is 9.90. The highest BCUT2D eigenvalue weighted by molar-refractivity contribution is 5.97. The fourth-order valence-electron chi connectivity index (χ4n) is 2.01. The molecular formula is C13H14F4N2O2. The molecule has 1 aliphatic carbocycles. The highest BCUT2D eigenvalue weighted by atomic mass is 19.3. The predicted octanol–water partition coefficient (Wildman–Crippen LogP) is 2.80. The summed E-state index contributed by atoms with van der Waals surface area (Å²) in [5.74, 6) is -4.13. The lowest BCUT2D eigenvalue weighted by atomic mass is 10.1. The van der Waals surface area contributed by atoms with Crippen molar-refractivity contribution in [1.29, 1.82) is 0 Å². The van der Waals surface area contributed by atoms with Gasteiger partial charge in [-0.25, -0.2) is 18.7 Å². The second kappa shape index (κ2) is 6.46. The van der Waals surface area contributed by atoms with E-state index in [-0.39, 0.29) is 11.6 Å². The van der Waals surface area contributed by atoms with Crippen LogP contribution < -0.4 is 0 Å². The van der Waals surface area contributed by atoms with Crippen LogP contribution in [-0.2, 0) is 17.8 Å². The summed E-state index contributed by atoms with van der Waals surface area (Å²) in [7, 11) is 0. The van der Waals surface area contributed by atoms with Gasteiger partial charge in [-0.3, -0.25) is 4.79 Å². The molecule has 0 atom stereocenters. The second-order valence-corrected chi connectivity index (χ2v) is 4.83. The number of rotatable bonds is 5. The van der Waals surface area contributed by atoms with Crippen molar-refractivity contribution in [2.45, 2.75) is 44.6 Å². The molecule has 0 aliphatic heterocycles. The van der Waals surface area contributed by atoms with Crippen molar-refractivity contribution in [3.05, 3.63) is 23.3 Å². The number of hydrogen-bond acceptors (Lipinski definition) is 4. The van der Waals surface area contributed by atoms with Crippen molar-refractivity contribution in [3.63, 3.8) is 0 Å². The van der Waals surface area contributed by atoms with Crippen LogP contribution in [0.4, 0.5) is 17.6 Å². The molecule has 4 nitrogen and oxygen atoms in total. The molecule has 1 aromatic rings. The zero-order chi connectivity index (χ0) is 15.5. The van der Waals surface area contributed by atoms with Crippen molar-refractivity contribution < 1.29 is 27.1 Å². The smallest absolute Gasteiger partial charge is 0.330 e. The number of ketones is 1. The summed E-state index contributed by atoms with van der Waals surface area (Å²) in [4.78, 5) is 19.7. The summed E-state index contributed by atoms with van der Waals surface area (Å²) >= 11 is 0. The van der Waals surface area contributed by atoms with Crippen molar-refractivity contribution in [2.75, 3.05) is 6.61 Å². The predicted molar refractivity (Wildman–Crippen MR) is 64.5 cm³/mol. The number of Topliss-reactive ketones (excluding diaryl/α,β-unsaturated/α-hetero) is 1. The number of nitrogens with zero attached hydrogens (tertiary/aromatic N) is 2. The number of aryl methyl sites for hydroxylation is 1. The molecule has 8 heteroatoms. The Kier molecular flexibility index (Phi) is 4.87. The van der Waals surface area contributed by atoms with Gasteiger partial charge < -0.3 is 4.74 Å². The maximum absolute atomic E-state index is 12.7. The van der Waals surface area contributed by atoms with E-state index in [9.17, 15) is 22.4 Å². The molecule has 0 bridgehead atoms. The third-order valence-electron chi connectivity index (χ3n) is 3.13. The van der Waals surface area contributed by atoms with E-state index in [4.69, 9.17) is 0 Å². The van der Waals surface area contributed by atoms with Crippen LogP contribution in [-0.4, -0.2) is 34.7 Å². The number of carbonyl (C=O) groups is 1. The van der Waals surface area contributed by atoms with Crippen molar-refractivity contribution >= 4 is 5.78 Å². The highest BCUT2D eigenvalue weighted by Crippen LogP contribution is 2.23. The first-order valence-corrected chi connectivity index (χ1v) is 6.52. The molecule has 0 unspecified atom stereocenters. The molecule has 0 N–H and O–H groups in total. The number of halogens is 4. The lowest BCUT2D eigenvalue weighted by Crippen LogP contribution is -2.32. The van der Waals surface area contributed by atoms with Crippen molar-refractivity contribution in [2.24, 2.45) is 0 Å². The SMILES string of the molecule is O=C1CCCCc2nc(COCC(F)(F)C(F)F)ncc21. The standard InChI is InChI=1S/C13H14F4N2O2/c14-12(15)13(16,17)7-21-6-11-18-5-8-9(19-11)3-1-2-4-10(8)20/h5,12H,1-4,6-7H2. The number of ether oxygens (including phenoxy) is 1. The molecule has 0 saturated carbocycles. The van der Waals surface area contributed by atoms with Gasteiger partial charge in [0.05, 0.1) is 11.3 Å². The summed E-state index contributed by atoms with van der Waals surface area (Å²) in [5.41, 5.74) is 1.00. The molecule has 0 fully saturated rings. The Hall–Kier alpha value is -1.57. The van der Waals surface area contributed by atoms with E-state index in [0.29, 0.717) is 24.1 Å². The van der Waals surface area contributed by atoms with Crippen LogP contribution in [0.15, 0.2) is 6.20 Å². The minimum Gasteiger partial charge on any atom is -0.367 e. The van der Waals surface area contributed by atoms with Gasteiger partial charge in [0.1, 0.15) is 13.2 Å². The number of hydrogen-bond donors (Lipinski definition) is 0. The molecule has 1 aliphatic rings. The molecule has 0 aromatic carbocycles. The van der Waals surface area contributed by atoms with Crippen LogP contribution in [0.3, 0.4) is 0 Å². The Morgan fingerprint density at radius 3 is 2.71 bits per heavy atom. The van der Waals surface area contributed by atoms with E-state index in [1.807, 2.05) is 0 Å². The largest absolute Gasteiger partial charge is 0.367 e. The monoisotopic (exact) mass is 306 g/mol. The van der Waals surface area contributed by atoms with Gasteiger partial charge in [0.15, 0.2) is 11.6 Å². The van der Waals surface area contributed by atoms with Gasteiger partial charge in [-0.1, -0.05) is 0 Å². The van der Waals surface area contributed by atoms with Gasteiger partial charge in [0.2, 0.25) is 0 Å². The van der Waals surface area contributed by atoms with Gasteiger partial charge in [-0.05, 0) is 19.3 Å². The first-order valence-electron chi connectivity index (χ1n) is 6.52. The Morgan fingerprint density at radius 1 is 1.29 bits per heavy atom. The van der Waals surface area contributed by atoms with E-state index >= 15 is 0 Å².